The summed E-state index contributed by atoms with van der Waals surface area (Å²) in [5.74, 6) is -3.01. The lowest BCUT2D eigenvalue weighted by Gasteiger charge is -2.34. The summed E-state index contributed by atoms with van der Waals surface area (Å²) >= 11 is 0.274. The summed E-state index contributed by atoms with van der Waals surface area (Å²) in [6.07, 6.45) is 1.39. The van der Waals surface area contributed by atoms with E-state index < -0.39 is 5.76 Å². The van der Waals surface area contributed by atoms with Gasteiger partial charge in [0.2, 0.25) is 5.91 Å². The van der Waals surface area contributed by atoms with E-state index in [1.807, 2.05) is 4.90 Å². The second-order valence-electron chi connectivity index (χ2n) is 4.98. The van der Waals surface area contributed by atoms with Gasteiger partial charge in [0.15, 0.2) is 0 Å². The van der Waals surface area contributed by atoms with Crippen molar-refractivity contribution in [2.24, 2.45) is 0 Å². The predicted octanol–water partition coefficient (Wildman–Crippen LogP) is 0.900. The van der Waals surface area contributed by atoms with Crippen molar-refractivity contribution < 1.29 is 18.4 Å². The molecule has 0 atom stereocenters. The van der Waals surface area contributed by atoms with Gasteiger partial charge in [-0.15, -0.1) is 0 Å². The summed E-state index contributed by atoms with van der Waals surface area (Å²) < 4.78 is 25.1. The number of amides is 2. The highest BCUT2D eigenvalue weighted by molar-refractivity contribution is 7.99. The molecule has 2 amide bonds. The van der Waals surface area contributed by atoms with Gasteiger partial charge < -0.3 is 10.2 Å². The number of carbonyl (C=O) groups is 2. The molecule has 1 N–H and O–H groups in total. The Balaban J connectivity index is 1.99. The minimum Gasteiger partial charge on any atom is -0.358 e. The van der Waals surface area contributed by atoms with Crippen LogP contribution in [0.5, 0.6) is 0 Å². The van der Waals surface area contributed by atoms with E-state index in [1.54, 1.807) is 18.0 Å². The predicted molar refractivity (Wildman–Crippen MR) is 82.5 cm³/mol. The van der Waals surface area contributed by atoms with Crippen molar-refractivity contribution in [1.82, 2.24) is 20.1 Å². The van der Waals surface area contributed by atoms with E-state index in [4.69, 9.17) is 0 Å². The fourth-order valence-electron chi connectivity index (χ4n) is 2.29. The van der Waals surface area contributed by atoms with Crippen molar-refractivity contribution >= 4 is 23.6 Å². The molecule has 1 aromatic heterocycles. The lowest BCUT2D eigenvalue weighted by Crippen LogP contribution is -2.51. The lowest BCUT2D eigenvalue weighted by atomic mass is 10.2. The molecule has 0 saturated carbocycles. The zero-order chi connectivity index (χ0) is 16.8. The first-order valence-corrected chi connectivity index (χ1v) is 8.01. The number of nitrogens with one attached hydrogen (secondary N) is 1. The van der Waals surface area contributed by atoms with E-state index in [2.05, 4.69) is 10.3 Å². The van der Waals surface area contributed by atoms with Crippen molar-refractivity contribution in [3.8, 4) is 0 Å². The highest BCUT2D eigenvalue weighted by Gasteiger charge is 2.25. The molecule has 0 unspecified atom stereocenters. The third-order valence-corrected chi connectivity index (χ3v) is 4.23. The highest BCUT2D eigenvalue weighted by Crippen LogP contribution is 2.27. The summed E-state index contributed by atoms with van der Waals surface area (Å²) in [5, 5.41) is 2.60. The summed E-state index contributed by atoms with van der Waals surface area (Å²) in [4.78, 5) is 31.3. The molecular formula is C14H18F2N4O2S. The van der Waals surface area contributed by atoms with Crippen LogP contribution in [0.4, 0.5) is 8.78 Å². The fourth-order valence-corrected chi connectivity index (χ4v) is 2.87. The Morgan fingerprint density at radius 2 is 2.04 bits per heavy atom. The van der Waals surface area contributed by atoms with E-state index in [9.17, 15) is 18.4 Å². The fraction of sp³-hybridized carbons (Fsp3) is 0.500. The van der Waals surface area contributed by atoms with Crippen LogP contribution in [0, 0.1) is 0 Å². The molecule has 1 aliphatic heterocycles. The maximum absolute atomic E-state index is 12.6. The second-order valence-corrected chi connectivity index (χ2v) is 5.95. The lowest BCUT2D eigenvalue weighted by molar-refractivity contribution is -0.122. The molecule has 1 aliphatic rings. The molecule has 1 aromatic rings. The first kappa shape index (κ1) is 17.6. The molecule has 2 heterocycles. The molecule has 0 aromatic carbocycles. The van der Waals surface area contributed by atoms with Crippen LogP contribution in [0.1, 0.15) is 10.4 Å². The highest BCUT2D eigenvalue weighted by atomic mass is 32.2. The number of likely N-dealkylation sites (N-methyl/N-ethyl adjacent to an activating group) is 1. The van der Waals surface area contributed by atoms with Crippen LogP contribution in [0.15, 0.2) is 23.4 Å². The molecule has 1 saturated heterocycles. The van der Waals surface area contributed by atoms with Gasteiger partial charge in [0.05, 0.1) is 12.1 Å². The Morgan fingerprint density at radius 1 is 1.35 bits per heavy atom. The van der Waals surface area contributed by atoms with E-state index >= 15 is 0 Å². The third-order valence-electron chi connectivity index (χ3n) is 3.51. The van der Waals surface area contributed by atoms with Crippen LogP contribution >= 0.6 is 11.8 Å². The zero-order valence-corrected chi connectivity index (χ0v) is 13.5. The van der Waals surface area contributed by atoms with Gasteiger partial charge in [-0.1, -0.05) is 0 Å². The summed E-state index contributed by atoms with van der Waals surface area (Å²) in [6.45, 7) is 2.32. The van der Waals surface area contributed by atoms with Crippen LogP contribution in [-0.4, -0.2) is 72.1 Å². The maximum Gasteiger partial charge on any atom is 0.290 e. The van der Waals surface area contributed by atoms with E-state index in [0.29, 0.717) is 26.2 Å². The van der Waals surface area contributed by atoms with Crippen molar-refractivity contribution in [3.05, 3.63) is 23.9 Å². The van der Waals surface area contributed by atoms with Gasteiger partial charge in [-0.2, -0.15) is 8.78 Å². The number of carbonyl (C=O) groups excluding carboxylic acids is 2. The number of nitrogens with zero attached hydrogens (tertiary/aromatic N) is 3. The van der Waals surface area contributed by atoms with Crippen LogP contribution in [0.25, 0.3) is 0 Å². The maximum atomic E-state index is 12.6. The van der Waals surface area contributed by atoms with Crippen LogP contribution in [0.2, 0.25) is 0 Å². The molecule has 23 heavy (non-hydrogen) atoms. The Labute approximate surface area is 137 Å². The molecule has 9 heteroatoms. The molecule has 1 fully saturated rings. The average molecular weight is 344 g/mol. The zero-order valence-electron chi connectivity index (χ0n) is 12.7. The number of alkyl halides is 2. The number of piperazine rings is 1. The van der Waals surface area contributed by atoms with Gasteiger partial charge in [-0.25, -0.2) is 4.98 Å². The van der Waals surface area contributed by atoms with Crippen molar-refractivity contribution in [2.75, 3.05) is 39.8 Å². The molecule has 0 spiro atoms. The van der Waals surface area contributed by atoms with E-state index in [1.165, 1.54) is 12.3 Å². The number of aromatic nitrogens is 1. The molecular weight excluding hydrogens is 326 g/mol. The second kappa shape index (κ2) is 8.21. The molecule has 126 valence electrons. The number of thioether (sulfide) groups is 1. The SMILES string of the molecule is CNC(=O)CN1CCN(C(=O)c2cccnc2SC(F)F)CC1. The van der Waals surface area contributed by atoms with E-state index in [0.717, 1.165) is 0 Å². The molecule has 0 radical (unpaired) electrons. The van der Waals surface area contributed by atoms with Crippen LogP contribution < -0.4 is 5.32 Å². The van der Waals surface area contributed by atoms with Crippen molar-refractivity contribution in [3.63, 3.8) is 0 Å². The number of hydrogen-bond acceptors (Lipinski definition) is 5. The Morgan fingerprint density at radius 3 is 2.65 bits per heavy atom. The smallest absolute Gasteiger partial charge is 0.290 e. The summed E-state index contributed by atoms with van der Waals surface area (Å²) in [7, 11) is 1.58. The minimum absolute atomic E-state index is 0.0419. The van der Waals surface area contributed by atoms with Crippen LogP contribution in [0.3, 0.4) is 0 Å². The van der Waals surface area contributed by atoms with Crippen molar-refractivity contribution in [2.45, 2.75) is 10.8 Å². The number of halogens is 2. The molecule has 0 bridgehead atoms. The third kappa shape index (κ3) is 4.87. The van der Waals surface area contributed by atoms with Gasteiger partial charge in [0.1, 0.15) is 5.03 Å². The first-order chi connectivity index (χ1) is 11.0. The normalized spacial score (nSPS) is 15.7. The average Bonchev–Trinajstić information content (AvgIpc) is 2.55. The Hall–Kier alpha value is -1.74. The monoisotopic (exact) mass is 344 g/mol. The van der Waals surface area contributed by atoms with Gasteiger partial charge in [0.25, 0.3) is 11.7 Å². The largest absolute Gasteiger partial charge is 0.358 e. The summed E-state index contributed by atoms with van der Waals surface area (Å²) in [6, 6.07) is 3.07. The quantitative estimate of drug-likeness (QED) is 0.804. The molecule has 0 aliphatic carbocycles. The topological polar surface area (TPSA) is 65.5 Å². The van der Waals surface area contributed by atoms with Crippen LogP contribution in [-0.2, 0) is 4.79 Å². The standard InChI is InChI=1S/C14H18F2N4O2S/c1-17-11(21)9-19-5-7-20(8-6-19)13(22)10-3-2-4-18-12(10)23-14(15)16/h2-4,14H,5-9H2,1H3,(H,17,21). The molecule has 2 rings (SSSR count). The van der Waals surface area contributed by atoms with Gasteiger partial charge in [0, 0.05) is 39.4 Å². The number of hydrogen-bond donors (Lipinski definition) is 1. The number of rotatable bonds is 5. The van der Waals surface area contributed by atoms with Crippen molar-refractivity contribution in [1.29, 1.82) is 0 Å². The van der Waals surface area contributed by atoms with Gasteiger partial charge in [-0.3, -0.25) is 14.5 Å². The molecule has 6 nitrogen and oxygen atoms in total. The first-order valence-electron chi connectivity index (χ1n) is 7.13. The van der Waals surface area contributed by atoms with Gasteiger partial charge >= 0.3 is 0 Å². The minimum atomic E-state index is -2.62. The number of pyridine rings is 1. The Bertz CT molecular complexity index is 565. The van der Waals surface area contributed by atoms with Gasteiger partial charge in [-0.05, 0) is 23.9 Å². The Kier molecular flexibility index (Phi) is 6.28. The van der Waals surface area contributed by atoms with E-state index in [-0.39, 0.29) is 40.7 Å². The summed E-state index contributed by atoms with van der Waals surface area (Å²) in [5.41, 5.74) is 0.192.